The first-order valence-electron chi connectivity index (χ1n) is 7.95. The Balaban J connectivity index is 1.43. The van der Waals surface area contributed by atoms with Crippen LogP contribution in [0.4, 0.5) is 14.5 Å². The number of anilines is 1. The number of nitrogens with zero attached hydrogens (tertiary/aromatic N) is 3. The Kier molecular flexibility index (Phi) is 3.99. The molecule has 1 aromatic heterocycles. The first-order valence-corrected chi connectivity index (χ1v) is 8.93. The summed E-state index contributed by atoms with van der Waals surface area (Å²) in [5, 5.41) is 11.5. The Morgan fingerprint density at radius 3 is 2.54 bits per heavy atom. The maximum absolute atomic E-state index is 13.6. The minimum atomic E-state index is -0.787. The standard InChI is InChI=1S/C16H16F2N4OS/c17-11-2-1-3-12(18)14(11)19-13(23)8-24-16-21-20-15(9-4-5-9)22(16)10-6-7-10/h1-3,9-10H,4-8H2,(H,19,23). The van der Waals surface area contributed by atoms with E-state index in [4.69, 9.17) is 0 Å². The van der Waals surface area contributed by atoms with Crippen LogP contribution in [-0.4, -0.2) is 26.4 Å². The fourth-order valence-electron chi connectivity index (χ4n) is 2.61. The summed E-state index contributed by atoms with van der Waals surface area (Å²) in [5.74, 6) is -0.503. The third-order valence-corrected chi connectivity index (χ3v) is 5.05. The van der Waals surface area contributed by atoms with E-state index >= 15 is 0 Å². The number of para-hydroxylation sites is 1. The van der Waals surface area contributed by atoms with Gasteiger partial charge in [0.05, 0.1) is 5.75 Å². The van der Waals surface area contributed by atoms with Crippen molar-refractivity contribution in [1.82, 2.24) is 14.8 Å². The molecule has 2 aliphatic carbocycles. The van der Waals surface area contributed by atoms with E-state index in [0.29, 0.717) is 17.1 Å². The number of halogens is 2. The van der Waals surface area contributed by atoms with Gasteiger partial charge in [-0.2, -0.15) is 0 Å². The molecule has 1 N–H and O–H groups in total. The number of carbonyl (C=O) groups excluding carboxylic acids is 1. The number of hydrogen-bond donors (Lipinski definition) is 1. The van der Waals surface area contributed by atoms with Crippen molar-refractivity contribution in [2.45, 2.75) is 42.8 Å². The van der Waals surface area contributed by atoms with Crippen LogP contribution in [0.5, 0.6) is 0 Å². The summed E-state index contributed by atoms with van der Waals surface area (Å²) in [6, 6.07) is 3.91. The number of thioether (sulfide) groups is 1. The molecular weight excluding hydrogens is 334 g/mol. The van der Waals surface area contributed by atoms with E-state index in [1.807, 2.05) is 0 Å². The van der Waals surface area contributed by atoms with E-state index in [0.717, 1.165) is 43.6 Å². The monoisotopic (exact) mass is 350 g/mol. The highest BCUT2D eigenvalue weighted by Crippen LogP contribution is 2.45. The number of rotatable bonds is 6. The van der Waals surface area contributed by atoms with Gasteiger partial charge in [0.25, 0.3) is 0 Å². The van der Waals surface area contributed by atoms with Gasteiger partial charge >= 0.3 is 0 Å². The number of amides is 1. The predicted molar refractivity (Wildman–Crippen MR) is 86.0 cm³/mol. The molecule has 5 nitrogen and oxygen atoms in total. The topological polar surface area (TPSA) is 59.8 Å². The van der Waals surface area contributed by atoms with Crippen LogP contribution in [0.25, 0.3) is 0 Å². The molecule has 0 aliphatic heterocycles. The quantitative estimate of drug-likeness (QED) is 0.810. The van der Waals surface area contributed by atoms with E-state index in [2.05, 4.69) is 20.1 Å². The van der Waals surface area contributed by atoms with Crippen molar-refractivity contribution < 1.29 is 13.6 Å². The van der Waals surface area contributed by atoms with Gasteiger partial charge in [-0.25, -0.2) is 8.78 Å². The molecule has 8 heteroatoms. The molecule has 0 atom stereocenters. The summed E-state index contributed by atoms with van der Waals surface area (Å²) in [7, 11) is 0. The fraction of sp³-hybridized carbons (Fsp3) is 0.438. The molecule has 126 valence electrons. The normalized spacial score (nSPS) is 17.1. The molecule has 0 spiro atoms. The summed E-state index contributed by atoms with van der Waals surface area (Å²) in [4.78, 5) is 12.0. The number of nitrogens with one attached hydrogen (secondary N) is 1. The zero-order chi connectivity index (χ0) is 16.7. The molecule has 1 heterocycles. The van der Waals surface area contributed by atoms with Crippen molar-refractivity contribution >= 4 is 23.4 Å². The van der Waals surface area contributed by atoms with Gasteiger partial charge in [-0.1, -0.05) is 17.8 Å². The van der Waals surface area contributed by atoms with Crippen LogP contribution in [0.1, 0.15) is 43.5 Å². The van der Waals surface area contributed by atoms with Crippen molar-refractivity contribution in [1.29, 1.82) is 0 Å². The number of aromatic nitrogens is 3. The molecule has 2 aromatic rings. The zero-order valence-corrected chi connectivity index (χ0v) is 13.7. The Morgan fingerprint density at radius 1 is 1.21 bits per heavy atom. The molecule has 0 bridgehead atoms. The molecule has 1 amide bonds. The van der Waals surface area contributed by atoms with E-state index in [-0.39, 0.29) is 5.75 Å². The molecule has 2 saturated carbocycles. The molecule has 2 aliphatic rings. The maximum atomic E-state index is 13.6. The van der Waals surface area contributed by atoms with E-state index in [1.54, 1.807) is 0 Å². The largest absolute Gasteiger partial charge is 0.320 e. The summed E-state index contributed by atoms with van der Waals surface area (Å²) >= 11 is 1.25. The fourth-order valence-corrected chi connectivity index (χ4v) is 3.42. The van der Waals surface area contributed by atoms with Crippen LogP contribution in [0.15, 0.2) is 23.4 Å². The minimum absolute atomic E-state index is 0.0310. The number of benzene rings is 1. The maximum Gasteiger partial charge on any atom is 0.235 e. The van der Waals surface area contributed by atoms with E-state index in [1.165, 1.54) is 17.8 Å². The smallest absolute Gasteiger partial charge is 0.235 e. The first-order chi connectivity index (χ1) is 11.6. The Hall–Kier alpha value is -1.96. The highest BCUT2D eigenvalue weighted by Gasteiger charge is 2.36. The van der Waals surface area contributed by atoms with Gasteiger partial charge in [-0.15, -0.1) is 10.2 Å². The number of hydrogen-bond acceptors (Lipinski definition) is 4. The molecule has 24 heavy (non-hydrogen) atoms. The molecule has 0 unspecified atom stereocenters. The van der Waals surface area contributed by atoms with Crippen LogP contribution in [0.3, 0.4) is 0 Å². The molecule has 0 saturated heterocycles. The predicted octanol–water partition coefficient (Wildman–Crippen LogP) is 3.50. The summed E-state index contributed by atoms with van der Waals surface area (Å²) in [6.45, 7) is 0. The molecule has 2 fully saturated rings. The van der Waals surface area contributed by atoms with Gasteiger partial charge in [-0.05, 0) is 37.8 Å². The van der Waals surface area contributed by atoms with Crippen LogP contribution in [0, 0.1) is 11.6 Å². The van der Waals surface area contributed by atoms with Gasteiger partial charge in [0.2, 0.25) is 5.91 Å². The van der Waals surface area contributed by atoms with Crippen LogP contribution in [0.2, 0.25) is 0 Å². The third-order valence-electron chi connectivity index (χ3n) is 4.10. The second-order valence-corrected chi connectivity index (χ2v) is 7.09. The highest BCUT2D eigenvalue weighted by molar-refractivity contribution is 7.99. The van der Waals surface area contributed by atoms with Crippen molar-refractivity contribution in [3.8, 4) is 0 Å². The zero-order valence-electron chi connectivity index (χ0n) is 12.8. The van der Waals surface area contributed by atoms with Gasteiger partial charge < -0.3 is 9.88 Å². The van der Waals surface area contributed by atoms with E-state index in [9.17, 15) is 13.6 Å². The van der Waals surface area contributed by atoms with Gasteiger partial charge in [-0.3, -0.25) is 4.79 Å². The lowest BCUT2D eigenvalue weighted by Crippen LogP contribution is -2.16. The van der Waals surface area contributed by atoms with Crippen molar-refractivity contribution in [2.75, 3.05) is 11.1 Å². The van der Waals surface area contributed by atoms with Crippen molar-refractivity contribution in [3.63, 3.8) is 0 Å². The summed E-state index contributed by atoms with van der Waals surface area (Å²) in [5.41, 5.74) is -0.412. The van der Waals surface area contributed by atoms with Crippen LogP contribution in [-0.2, 0) is 4.79 Å². The Morgan fingerprint density at radius 2 is 1.92 bits per heavy atom. The van der Waals surface area contributed by atoms with E-state index < -0.39 is 23.2 Å². The van der Waals surface area contributed by atoms with Crippen LogP contribution < -0.4 is 5.32 Å². The van der Waals surface area contributed by atoms with Gasteiger partial charge in [0.1, 0.15) is 23.1 Å². The van der Waals surface area contributed by atoms with Crippen molar-refractivity contribution in [2.24, 2.45) is 0 Å². The van der Waals surface area contributed by atoms with Gasteiger partial charge in [0, 0.05) is 12.0 Å². The summed E-state index contributed by atoms with van der Waals surface area (Å²) < 4.78 is 29.3. The summed E-state index contributed by atoms with van der Waals surface area (Å²) in [6.07, 6.45) is 4.50. The number of carbonyl (C=O) groups is 1. The highest BCUT2D eigenvalue weighted by atomic mass is 32.2. The second kappa shape index (κ2) is 6.16. The Bertz CT molecular complexity index is 766. The third kappa shape index (κ3) is 3.15. The lowest BCUT2D eigenvalue weighted by atomic mass is 10.3. The average Bonchev–Trinajstić information content (AvgIpc) is 3.48. The molecule has 4 rings (SSSR count). The second-order valence-electron chi connectivity index (χ2n) is 6.15. The first kappa shape index (κ1) is 15.6. The van der Waals surface area contributed by atoms with Gasteiger partial charge in [0.15, 0.2) is 5.16 Å². The molecule has 1 aromatic carbocycles. The van der Waals surface area contributed by atoms with Crippen LogP contribution >= 0.6 is 11.8 Å². The lowest BCUT2D eigenvalue weighted by Gasteiger charge is -2.09. The average molecular weight is 350 g/mol. The minimum Gasteiger partial charge on any atom is -0.320 e. The molecule has 0 radical (unpaired) electrons. The SMILES string of the molecule is O=C(CSc1nnc(C2CC2)n1C1CC1)Nc1c(F)cccc1F. The van der Waals surface area contributed by atoms with Crippen molar-refractivity contribution in [3.05, 3.63) is 35.7 Å². The molecular formula is C16H16F2N4OS. The Labute approximate surface area is 141 Å². The lowest BCUT2D eigenvalue weighted by molar-refractivity contribution is -0.113.